The summed E-state index contributed by atoms with van der Waals surface area (Å²) in [5.41, 5.74) is 0. The number of thioether (sulfide) groups is 1. The van der Waals surface area contributed by atoms with Crippen molar-refractivity contribution < 1.29 is 9.53 Å². The van der Waals surface area contributed by atoms with Crippen LogP contribution in [0.3, 0.4) is 0 Å². The van der Waals surface area contributed by atoms with E-state index in [1.807, 2.05) is 24.8 Å². The number of hydrogen-bond donors (Lipinski definition) is 1. The number of hydrogen-bond acceptors (Lipinski definition) is 3. The van der Waals surface area contributed by atoms with Crippen LogP contribution in [0.1, 0.15) is 32.6 Å². The Morgan fingerprint density at radius 3 is 2.65 bits per heavy atom. The van der Waals surface area contributed by atoms with Crippen molar-refractivity contribution in [2.24, 2.45) is 0 Å². The zero-order chi connectivity index (χ0) is 14.3. The largest absolute Gasteiger partial charge is 0.381 e. The molecule has 1 aromatic carbocycles. The van der Waals surface area contributed by atoms with Gasteiger partial charge in [-0.1, -0.05) is 25.1 Å². The van der Waals surface area contributed by atoms with Crippen LogP contribution in [-0.2, 0) is 9.53 Å². The number of nitrogens with one attached hydrogen (secondary N) is 1. The number of benzene rings is 1. The van der Waals surface area contributed by atoms with E-state index in [-0.39, 0.29) is 10.7 Å². The lowest BCUT2D eigenvalue weighted by Crippen LogP contribution is -2.44. The van der Waals surface area contributed by atoms with Crippen LogP contribution in [0.15, 0.2) is 35.2 Å². The third kappa shape index (κ3) is 4.53. The maximum atomic E-state index is 11.7. The van der Waals surface area contributed by atoms with E-state index in [9.17, 15) is 4.79 Å². The number of ether oxygens (including phenoxy) is 1. The van der Waals surface area contributed by atoms with Crippen LogP contribution in [0.4, 0.5) is 0 Å². The van der Waals surface area contributed by atoms with Gasteiger partial charge in [-0.25, -0.2) is 0 Å². The van der Waals surface area contributed by atoms with Gasteiger partial charge in [0.05, 0.1) is 0 Å². The lowest BCUT2D eigenvalue weighted by molar-refractivity contribution is -0.121. The summed E-state index contributed by atoms with van der Waals surface area (Å²) < 4.78 is 5.56. The minimum Gasteiger partial charge on any atom is -0.381 e. The van der Waals surface area contributed by atoms with Gasteiger partial charge in [0.2, 0.25) is 5.91 Å². The second-order valence-electron chi connectivity index (χ2n) is 5.24. The number of carbonyl (C=O) groups is 1. The van der Waals surface area contributed by atoms with Crippen molar-refractivity contribution in [1.29, 1.82) is 0 Å². The fourth-order valence-electron chi connectivity index (χ4n) is 2.37. The molecule has 3 nitrogen and oxygen atoms in total. The van der Waals surface area contributed by atoms with Crippen molar-refractivity contribution in [3.8, 4) is 0 Å². The Morgan fingerprint density at radius 2 is 2.00 bits per heavy atom. The lowest BCUT2D eigenvalue weighted by atomic mass is 9.99. The van der Waals surface area contributed by atoms with E-state index in [1.165, 1.54) is 4.90 Å². The molecule has 1 amide bonds. The molecule has 0 bridgehead atoms. The van der Waals surface area contributed by atoms with Gasteiger partial charge in [-0.15, -0.1) is 11.8 Å². The van der Waals surface area contributed by atoms with Crippen LogP contribution >= 0.6 is 11.8 Å². The predicted octanol–water partition coefficient (Wildman–Crippen LogP) is 3.24. The van der Waals surface area contributed by atoms with Crippen LogP contribution < -0.4 is 5.32 Å². The summed E-state index contributed by atoms with van der Waals surface area (Å²) in [5, 5.41) is 3.10. The topological polar surface area (TPSA) is 38.3 Å². The van der Waals surface area contributed by atoms with E-state index in [0.717, 1.165) is 39.0 Å². The zero-order valence-electron chi connectivity index (χ0n) is 12.1. The molecule has 1 heterocycles. The van der Waals surface area contributed by atoms with Crippen molar-refractivity contribution in [1.82, 2.24) is 5.32 Å². The molecule has 0 atom stereocenters. The van der Waals surface area contributed by atoms with E-state index in [1.54, 1.807) is 0 Å². The third-order valence-corrected chi connectivity index (χ3v) is 5.06. The van der Waals surface area contributed by atoms with Crippen LogP contribution in [0, 0.1) is 0 Å². The quantitative estimate of drug-likeness (QED) is 0.875. The molecule has 0 spiro atoms. The van der Waals surface area contributed by atoms with Gasteiger partial charge in [0.25, 0.3) is 0 Å². The Morgan fingerprint density at radius 1 is 1.30 bits per heavy atom. The average Bonchev–Trinajstić information content (AvgIpc) is 2.48. The van der Waals surface area contributed by atoms with Crippen molar-refractivity contribution in [3.05, 3.63) is 30.3 Å². The minimum atomic E-state index is 0.0724. The molecule has 1 fully saturated rings. The summed E-state index contributed by atoms with van der Waals surface area (Å²) in [7, 11) is 0. The van der Waals surface area contributed by atoms with Crippen molar-refractivity contribution in [3.63, 3.8) is 0 Å². The van der Waals surface area contributed by atoms with Crippen LogP contribution in [0.25, 0.3) is 0 Å². The van der Waals surface area contributed by atoms with Crippen LogP contribution in [0.2, 0.25) is 0 Å². The monoisotopic (exact) mass is 293 g/mol. The lowest BCUT2D eigenvalue weighted by Gasteiger charge is -2.36. The van der Waals surface area contributed by atoms with Crippen molar-refractivity contribution in [2.45, 2.75) is 42.2 Å². The summed E-state index contributed by atoms with van der Waals surface area (Å²) in [6, 6.07) is 10.4. The zero-order valence-corrected chi connectivity index (χ0v) is 12.9. The van der Waals surface area contributed by atoms with Gasteiger partial charge in [-0.3, -0.25) is 4.79 Å². The molecular formula is C16H23NO2S. The predicted molar refractivity (Wildman–Crippen MR) is 83.0 cm³/mol. The second-order valence-corrected chi connectivity index (χ2v) is 6.78. The first-order valence-electron chi connectivity index (χ1n) is 7.33. The van der Waals surface area contributed by atoms with Gasteiger partial charge in [-0.05, 0) is 31.4 Å². The van der Waals surface area contributed by atoms with Gasteiger partial charge < -0.3 is 10.1 Å². The standard InChI is InChI=1S/C16H23NO2S/c1-2-6-15(18)17-13-16(9-11-19-12-10-16)20-14-7-4-3-5-8-14/h3-5,7-8H,2,6,9-13H2,1H3,(H,17,18). The Bertz CT molecular complexity index is 416. The van der Waals surface area contributed by atoms with Gasteiger partial charge >= 0.3 is 0 Å². The van der Waals surface area contributed by atoms with Gasteiger partial charge in [-0.2, -0.15) is 0 Å². The van der Waals surface area contributed by atoms with Crippen LogP contribution in [-0.4, -0.2) is 30.4 Å². The molecule has 1 aliphatic rings. The molecule has 20 heavy (non-hydrogen) atoms. The number of carbonyl (C=O) groups excluding carboxylic acids is 1. The molecule has 0 saturated carbocycles. The summed E-state index contributed by atoms with van der Waals surface area (Å²) in [4.78, 5) is 13.0. The van der Waals surface area contributed by atoms with Gasteiger partial charge in [0.1, 0.15) is 0 Å². The third-order valence-electron chi connectivity index (χ3n) is 3.57. The van der Waals surface area contributed by atoms with E-state index < -0.39 is 0 Å². The molecule has 1 N–H and O–H groups in total. The first-order valence-corrected chi connectivity index (χ1v) is 8.14. The molecule has 1 aliphatic heterocycles. The first-order chi connectivity index (χ1) is 9.74. The maximum absolute atomic E-state index is 11.7. The molecule has 110 valence electrons. The summed E-state index contributed by atoms with van der Waals surface area (Å²) in [6.45, 7) is 4.32. The fraction of sp³-hybridized carbons (Fsp3) is 0.562. The Balaban J connectivity index is 1.99. The normalized spacial score (nSPS) is 17.6. The molecule has 0 aromatic heterocycles. The Labute approximate surface area is 125 Å². The molecule has 0 radical (unpaired) electrons. The van der Waals surface area contributed by atoms with Crippen molar-refractivity contribution in [2.75, 3.05) is 19.8 Å². The highest BCUT2D eigenvalue weighted by Crippen LogP contribution is 2.40. The first kappa shape index (κ1) is 15.4. The van der Waals surface area contributed by atoms with E-state index in [2.05, 4.69) is 29.6 Å². The number of amides is 1. The highest BCUT2D eigenvalue weighted by Gasteiger charge is 2.34. The summed E-state index contributed by atoms with van der Waals surface area (Å²) >= 11 is 1.88. The van der Waals surface area contributed by atoms with E-state index in [0.29, 0.717) is 6.42 Å². The molecular weight excluding hydrogens is 270 g/mol. The average molecular weight is 293 g/mol. The van der Waals surface area contributed by atoms with E-state index in [4.69, 9.17) is 4.74 Å². The summed E-state index contributed by atoms with van der Waals surface area (Å²) in [6.07, 6.45) is 3.48. The van der Waals surface area contributed by atoms with E-state index >= 15 is 0 Å². The highest BCUT2D eigenvalue weighted by atomic mass is 32.2. The Hall–Kier alpha value is -1.00. The maximum Gasteiger partial charge on any atom is 0.220 e. The van der Waals surface area contributed by atoms with Crippen LogP contribution in [0.5, 0.6) is 0 Å². The number of rotatable bonds is 6. The fourth-order valence-corrected chi connectivity index (χ4v) is 3.68. The van der Waals surface area contributed by atoms with Gasteiger partial charge in [0.15, 0.2) is 0 Å². The minimum absolute atomic E-state index is 0.0724. The second kappa shape index (κ2) is 7.70. The highest BCUT2D eigenvalue weighted by molar-refractivity contribution is 8.00. The molecule has 0 aliphatic carbocycles. The van der Waals surface area contributed by atoms with Gasteiger partial charge in [0, 0.05) is 35.8 Å². The molecule has 0 unspecified atom stereocenters. The van der Waals surface area contributed by atoms with Crippen molar-refractivity contribution >= 4 is 17.7 Å². The Kier molecular flexibility index (Phi) is 5.92. The summed E-state index contributed by atoms with van der Waals surface area (Å²) in [5.74, 6) is 0.159. The molecule has 1 saturated heterocycles. The molecule has 4 heteroatoms. The smallest absolute Gasteiger partial charge is 0.220 e. The molecule has 2 rings (SSSR count). The SMILES string of the molecule is CCCC(=O)NCC1(Sc2ccccc2)CCOCC1. The molecule has 1 aromatic rings.